The van der Waals surface area contributed by atoms with Crippen LogP contribution in [0.25, 0.3) is 0 Å². The summed E-state index contributed by atoms with van der Waals surface area (Å²) in [7, 11) is 0. The van der Waals surface area contributed by atoms with Crippen LogP contribution in [0.15, 0.2) is 54.6 Å². The van der Waals surface area contributed by atoms with E-state index in [1.165, 1.54) is 29.5 Å². The van der Waals surface area contributed by atoms with Crippen molar-refractivity contribution < 1.29 is 0 Å². The van der Waals surface area contributed by atoms with Crippen LogP contribution in [0.2, 0.25) is 0 Å². The van der Waals surface area contributed by atoms with E-state index in [1.54, 1.807) is 0 Å². The van der Waals surface area contributed by atoms with Gasteiger partial charge in [0.1, 0.15) is 0 Å². The number of benzene rings is 2. The normalized spacial score (nSPS) is 22.5. The smallest absolute Gasteiger partial charge is 0.0505 e. The van der Waals surface area contributed by atoms with E-state index in [0.717, 1.165) is 45.3 Å². The Labute approximate surface area is 181 Å². The minimum absolute atomic E-state index is 0.106. The maximum atomic E-state index is 6.39. The first kappa shape index (κ1) is 21.7. The van der Waals surface area contributed by atoms with Gasteiger partial charge in [-0.2, -0.15) is 0 Å². The Kier molecular flexibility index (Phi) is 8.70. The molecule has 3 rings (SSSR count). The molecule has 1 fully saturated rings. The summed E-state index contributed by atoms with van der Waals surface area (Å²) in [4.78, 5) is 2.58. The maximum Gasteiger partial charge on any atom is 0.0505 e. The minimum Gasteiger partial charge on any atom is -0.299 e. The standard InChI is InChI=1S/C25H33Cl2N/c1-2-16-28(19-21-7-4-3-5-8-21)17-6-9-20-10-12-22(13-11-20)23-14-15-24(26)25(27)18-23/h3-5,7-8,10-13,23-25H,2,6,9,14-19H2,1H3. The molecule has 152 valence electrons. The van der Waals surface area contributed by atoms with Crippen LogP contribution in [-0.2, 0) is 13.0 Å². The van der Waals surface area contributed by atoms with Gasteiger partial charge in [-0.25, -0.2) is 0 Å². The Morgan fingerprint density at radius 1 is 0.857 bits per heavy atom. The summed E-state index contributed by atoms with van der Waals surface area (Å²) in [5.74, 6) is 0.567. The predicted octanol–water partition coefficient (Wildman–Crippen LogP) is 7.01. The van der Waals surface area contributed by atoms with Gasteiger partial charge in [0.15, 0.2) is 0 Å². The Balaban J connectivity index is 1.47. The first-order chi connectivity index (χ1) is 13.7. The number of halogens is 2. The van der Waals surface area contributed by atoms with Crippen LogP contribution in [-0.4, -0.2) is 28.7 Å². The highest BCUT2D eigenvalue weighted by Gasteiger charge is 2.28. The summed E-state index contributed by atoms with van der Waals surface area (Å²) < 4.78 is 0. The zero-order chi connectivity index (χ0) is 19.8. The predicted molar refractivity (Wildman–Crippen MR) is 123 cm³/mol. The summed E-state index contributed by atoms with van der Waals surface area (Å²) in [5.41, 5.74) is 4.27. The van der Waals surface area contributed by atoms with Gasteiger partial charge in [-0.15, -0.1) is 23.2 Å². The summed E-state index contributed by atoms with van der Waals surface area (Å²) in [6.45, 7) is 5.63. The number of alkyl halides is 2. The number of hydrogen-bond donors (Lipinski definition) is 0. The van der Waals surface area contributed by atoms with Gasteiger partial charge in [0.2, 0.25) is 0 Å². The number of hydrogen-bond acceptors (Lipinski definition) is 1. The molecular weight excluding hydrogens is 385 g/mol. The second kappa shape index (κ2) is 11.2. The van der Waals surface area contributed by atoms with Crippen molar-refractivity contribution in [3.8, 4) is 0 Å². The van der Waals surface area contributed by atoms with Crippen LogP contribution in [0.5, 0.6) is 0 Å². The zero-order valence-electron chi connectivity index (χ0n) is 17.0. The van der Waals surface area contributed by atoms with E-state index in [9.17, 15) is 0 Å². The Hall–Kier alpha value is -1.02. The van der Waals surface area contributed by atoms with Crippen LogP contribution in [0.4, 0.5) is 0 Å². The van der Waals surface area contributed by atoms with Crippen molar-refractivity contribution in [2.75, 3.05) is 13.1 Å². The van der Waals surface area contributed by atoms with E-state index in [0.29, 0.717) is 5.92 Å². The summed E-state index contributed by atoms with van der Waals surface area (Å²) in [6, 6.07) is 20.1. The molecule has 1 nitrogen and oxygen atoms in total. The average Bonchev–Trinajstić information content (AvgIpc) is 2.71. The molecule has 0 N–H and O–H groups in total. The van der Waals surface area contributed by atoms with Gasteiger partial charge in [0.25, 0.3) is 0 Å². The van der Waals surface area contributed by atoms with E-state index in [2.05, 4.69) is 66.4 Å². The molecule has 1 saturated carbocycles. The van der Waals surface area contributed by atoms with Crippen molar-refractivity contribution in [3.05, 3.63) is 71.3 Å². The first-order valence-corrected chi connectivity index (χ1v) is 11.7. The van der Waals surface area contributed by atoms with Crippen LogP contribution in [0, 0.1) is 0 Å². The van der Waals surface area contributed by atoms with E-state index in [1.807, 2.05) is 0 Å². The highest BCUT2D eigenvalue weighted by atomic mass is 35.5. The molecule has 0 radical (unpaired) electrons. The fourth-order valence-corrected chi connectivity index (χ4v) is 4.84. The van der Waals surface area contributed by atoms with Crippen molar-refractivity contribution in [1.82, 2.24) is 4.90 Å². The quantitative estimate of drug-likeness (QED) is 0.396. The van der Waals surface area contributed by atoms with Crippen molar-refractivity contribution in [1.29, 1.82) is 0 Å². The summed E-state index contributed by atoms with van der Waals surface area (Å²) in [5, 5.41) is 0.244. The highest BCUT2D eigenvalue weighted by molar-refractivity contribution is 6.30. The highest BCUT2D eigenvalue weighted by Crippen LogP contribution is 2.37. The molecule has 0 saturated heterocycles. The molecule has 0 aliphatic heterocycles. The molecule has 0 aromatic heterocycles. The van der Waals surface area contributed by atoms with Crippen LogP contribution in [0.1, 0.15) is 61.6 Å². The van der Waals surface area contributed by atoms with Gasteiger partial charge < -0.3 is 0 Å². The van der Waals surface area contributed by atoms with Gasteiger partial charge >= 0.3 is 0 Å². The summed E-state index contributed by atoms with van der Waals surface area (Å²) in [6.07, 6.45) is 6.72. The largest absolute Gasteiger partial charge is 0.299 e. The topological polar surface area (TPSA) is 3.24 Å². The molecule has 0 heterocycles. The van der Waals surface area contributed by atoms with Gasteiger partial charge in [0, 0.05) is 11.9 Å². The third-order valence-electron chi connectivity index (χ3n) is 5.87. The molecule has 1 aliphatic carbocycles. The lowest BCUT2D eigenvalue weighted by Gasteiger charge is -2.29. The Morgan fingerprint density at radius 2 is 1.61 bits per heavy atom. The van der Waals surface area contributed by atoms with Crippen molar-refractivity contribution in [2.24, 2.45) is 0 Å². The van der Waals surface area contributed by atoms with Gasteiger partial charge in [-0.05, 0) is 74.2 Å². The van der Waals surface area contributed by atoms with Crippen LogP contribution in [0.3, 0.4) is 0 Å². The lowest BCUT2D eigenvalue weighted by Crippen LogP contribution is -2.25. The zero-order valence-corrected chi connectivity index (χ0v) is 18.5. The van der Waals surface area contributed by atoms with Crippen LogP contribution < -0.4 is 0 Å². The lowest BCUT2D eigenvalue weighted by molar-refractivity contribution is 0.262. The first-order valence-electron chi connectivity index (χ1n) is 10.8. The Bertz CT molecular complexity index is 685. The molecular formula is C25H33Cl2N. The van der Waals surface area contributed by atoms with E-state index >= 15 is 0 Å². The Morgan fingerprint density at radius 3 is 2.29 bits per heavy atom. The molecule has 3 atom stereocenters. The molecule has 0 amide bonds. The third-order valence-corrected chi connectivity index (χ3v) is 7.01. The van der Waals surface area contributed by atoms with Crippen molar-refractivity contribution in [3.63, 3.8) is 0 Å². The van der Waals surface area contributed by atoms with E-state index in [4.69, 9.17) is 23.2 Å². The average molecular weight is 418 g/mol. The molecule has 0 bridgehead atoms. The molecule has 2 aromatic carbocycles. The molecule has 1 aliphatic rings. The van der Waals surface area contributed by atoms with E-state index in [-0.39, 0.29) is 10.8 Å². The van der Waals surface area contributed by atoms with Crippen molar-refractivity contribution in [2.45, 2.75) is 68.7 Å². The molecule has 3 unspecified atom stereocenters. The second-order valence-electron chi connectivity index (χ2n) is 8.15. The molecule has 2 aromatic rings. The van der Waals surface area contributed by atoms with Crippen LogP contribution >= 0.6 is 23.2 Å². The van der Waals surface area contributed by atoms with E-state index < -0.39 is 0 Å². The molecule has 28 heavy (non-hydrogen) atoms. The lowest BCUT2D eigenvalue weighted by atomic mass is 9.83. The third kappa shape index (κ3) is 6.51. The minimum atomic E-state index is 0.106. The monoisotopic (exact) mass is 417 g/mol. The van der Waals surface area contributed by atoms with Gasteiger partial charge in [-0.1, -0.05) is 61.5 Å². The fourth-order valence-electron chi connectivity index (χ4n) is 4.27. The number of nitrogens with zero attached hydrogens (tertiary/aromatic N) is 1. The maximum absolute atomic E-state index is 6.39. The fraction of sp³-hybridized carbons (Fsp3) is 0.520. The second-order valence-corrected chi connectivity index (χ2v) is 9.27. The van der Waals surface area contributed by atoms with Gasteiger partial charge in [0.05, 0.1) is 5.38 Å². The number of rotatable bonds is 9. The molecule has 3 heteroatoms. The number of aryl methyl sites for hydroxylation is 1. The van der Waals surface area contributed by atoms with Crippen molar-refractivity contribution >= 4 is 23.2 Å². The SMILES string of the molecule is CCCN(CCCc1ccc(C2CCC(Cl)C(Cl)C2)cc1)Cc1ccccc1. The molecule has 0 spiro atoms. The summed E-state index contributed by atoms with van der Waals surface area (Å²) >= 11 is 12.7. The van der Waals surface area contributed by atoms with Gasteiger partial charge in [-0.3, -0.25) is 4.90 Å².